The van der Waals surface area contributed by atoms with Crippen molar-refractivity contribution < 1.29 is 5.48 Å². The van der Waals surface area contributed by atoms with Crippen LogP contribution < -0.4 is 0 Å². The number of rotatable bonds is 0. The molecule has 0 heterocycles. The van der Waals surface area contributed by atoms with E-state index in [-0.39, 0.29) is 17.9 Å². The van der Waals surface area contributed by atoms with Crippen molar-refractivity contribution in [3.63, 3.8) is 0 Å². The molecule has 1 fully saturated rings. The summed E-state index contributed by atoms with van der Waals surface area (Å²) < 4.78 is 0. The maximum absolute atomic E-state index is 5.88. The van der Waals surface area contributed by atoms with Crippen LogP contribution in [-0.4, -0.2) is 37.7 Å². The molecule has 1 nitrogen and oxygen atoms in total. The molecular formula is C6H9Cl7O. The van der Waals surface area contributed by atoms with Gasteiger partial charge in [0.2, 0.25) is 0 Å². The Labute approximate surface area is 119 Å². The molecule has 14 heavy (non-hydrogen) atoms. The topological polar surface area (TPSA) is 31.5 Å². The van der Waals surface area contributed by atoms with Crippen LogP contribution in [0.4, 0.5) is 0 Å². The fourth-order valence-corrected chi connectivity index (χ4v) is 3.38. The van der Waals surface area contributed by atoms with E-state index < -0.39 is 32.3 Å². The zero-order valence-corrected chi connectivity index (χ0v) is 12.0. The average molecular weight is 345 g/mol. The minimum Gasteiger partial charge on any atom is -0.412 e. The van der Waals surface area contributed by atoms with Gasteiger partial charge in [-0.25, -0.2) is 0 Å². The van der Waals surface area contributed by atoms with Gasteiger partial charge in [-0.15, -0.1) is 82.0 Å². The van der Waals surface area contributed by atoms with Gasteiger partial charge in [0.05, 0.1) is 32.3 Å². The van der Waals surface area contributed by atoms with Crippen LogP contribution in [0.25, 0.3) is 0 Å². The van der Waals surface area contributed by atoms with Gasteiger partial charge in [-0.3, -0.25) is 0 Å². The molecule has 8 heteroatoms. The fraction of sp³-hybridized carbons (Fsp3) is 1.00. The quantitative estimate of drug-likeness (QED) is 0.604. The van der Waals surface area contributed by atoms with E-state index in [2.05, 4.69) is 0 Å². The SMILES string of the molecule is Cl.ClC1C(Cl)C(Cl)C(Cl)C(Cl)C1Cl.O. The van der Waals surface area contributed by atoms with Crippen molar-refractivity contribution in [1.29, 1.82) is 0 Å². The van der Waals surface area contributed by atoms with Crippen LogP contribution in [-0.2, 0) is 0 Å². The van der Waals surface area contributed by atoms with E-state index in [9.17, 15) is 0 Å². The lowest BCUT2D eigenvalue weighted by Crippen LogP contribution is -2.52. The summed E-state index contributed by atoms with van der Waals surface area (Å²) in [6, 6.07) is 0. The Kier molecular flexibility index (Phi) is 9.63. The van der Waals surface area contributed by atoms with Crippen LogP contribution >= 0.6 is 82.0 Å². The summed E-state index contributed by atoms with van der Waals surface area (Å²) >= 11 is 35.3. The van der Waals surface area contributed by atoms with Crippen LogP contribution in [0, 0.1) is 0 Å². The second-order valence-corrected chi connectivity index (χ2v) is 5.69. The van der Waals surface area contributed by atoms with Gasteiger partial charge in [0.15, 0.2) is 0 Å². The van der Waals surface area contributed by atoms with Crippen molar-refractivity contribution in [3.05, 3.63) is 0 Å². The maximum Gasteiger partial charge on any atom is 0.0693 e. The van der Waals surface area contributed by atoms with Crippen molar-refractivity contribution in [2.45, 2.75) is 32.3 Å². The molecule has 1 saturated carbocycles. The molecule has 0 saturated heterocycles. The van der Waals surface area contributed by atoms with E-state index in [1.165, 1.54) is 0 Å². The summed E-state index contributed by atoms with van der Waals surface area (Å²) in [6.45, 7) is 0. The first-order chi connectivity index (χ1) is 5.46. The highest BCUT2D eigenvalue weighted by Gasteiger charge is 2.46. The standard InChI is InChI=1S/C6H6Cl6.ClH.H2O/c7-1-2(8)4(10)6(12)5(11)3(1)9;;/h1-6H;1H;1H2. The van der Waals surface area contributed by atoms with Gasteiger partial charge in [-0.05, 0) is 0 Å². The van der Waals surface area contributed by atoms with E-state index in [0.29, 0.717) is 0 Å². The van der Waals surface area contributed by atoms with Crippen LogP contribution in [0.1, 0.15) is 0 Å². The van der Waals surface area contributed by atoms with Crippen molar-refractivity contribution in [1.82, 2.24) is 0 Å². The maximum atomic E-state index is 5.88. The first kappa shape index (κ1) is 18.4. The molecule has 0 aromatic rings. The lowest BCUT2D eigenvalue weighted by molar-refractivity contribution is 0.544. The lowest BCUT2D eigenvalue weighted by atomic mass is 9.97. The molecule has 1 aliphatic rings. The molecule has 0 radical (unpaired) electrons. The number of hydrogen-bond donors (Lipinski definition) is 0. The Bertz CT molecular complexity index is 110. The second-order valence-electron chi connectivity index (χ2n) is 2.67. The molecule has 0 atom stereocenters. The van der Waals surface area contributed by atoms with E-state index in [1.54, 1.807) is 0 Å². The highest BCUT2D eigenvalue weighted by atomic mass is 35.5. The molecule has 0 amide bonds. The molecule has 0 aromatic carbocycles. The van der Waals surface area contributed by atoms with Gasteiger partial charge in [-0.2, -0.15) is 0 Å². The fourth-order valence-electron chi connectivity index (χ4n) is 1.05. The summed E-state index contributed by atoms with van der Waals surface area (Å²) in [5.74, 6) is 0. The van der Waals surface area contributed by atoms with Gasteiger partial charge in [0.25, 0.3) is 0 Å². The van der Waals surface area contributed by atoms with Gasteiger partial charge < -0.3 is 5.48 Å². The summed E-state index contributed by atoms with van der Waals surface area (Å²) in [4.78, 5) is 0. The molecule has 2 N–H and O–H groups in total. The Morgan fingerprint density at radius 1 is 0.429 bits per heavy atom. The zero-order valence-electron chi connectivity index (χ0n) is 6.64. The normalized spacial score (nSPS) is 47.6. The molecule has 0 unspecified atom stereocenters. The van der Waals surface area contributed by atoms with E-state index in [4.69, 9.17) is 69.6 Å². The molecule has 1 rings (SSSR count). The third-order valence-electron chi connectivity index (χ3n) is 1.83. The van der Waals surface area contributed by atoms with E-state index in [1.807, 2.05) is 0 Å². The zero-order chi connectivity index (χ0) is 9.46. The minimum absolute atomic E-state index is 0. The van der Waals surface area contributed by atoms with Crippen molar-refractivity contribution >= 4 is 82.0 Å². The van der Waals surface area contributed by atoms with Crippen molar-refractivity contribution in [2.24, 2.45) is 0 Å². The first-order valence-electron chi connectivity index (χ1n) is 3.31. The first-order valence-corrected chi connectivity index (χ1v) is 5.93. The van der Waals surface area contributed by atoms with Crippen LogP contribution in [0.2, 0.25) is 0 Å². The molecule has 0 spiro atoms. The molecule has 0 bridgehead atoms. The number of halogens is 7. The summed E-state index contributed by atoms with van der Waals surface area (Å²) in [5, 5.41) is -2.62. The third kappa shape index (κ3) is 3.49. The van der Waals surface area contributed by atoms with Crippen molar-refractivity contribution in [3.8, 4) is 0 Å². The summed E-state index contributed by atoms with van der Waals surface area (Å²) in [6.07, 6.45) is 0. The average Bonchev–Trinajstić information content (AvgIpc) is 2.08. The van der Waals surface area contributed by atoms with Crippen LogP contribution in [0.15, 0.2) is 0 Å². The summed E-state index contributed by atoms with van der Waals surface area (Å²) in [7, 11) is 0. The van der Waals surface area contributed by atoms with Gasteiger partial charge in [0, 0.05) is 0 Å². The summed E-state index contributed by atoms with van der Waals surface area (Å²) in [5.41, 5.74) is 0. The van der Waals surface area contributed by atoms with Gasteiger partial charge in [0.1, 0.15) is 0 Å². The highest BCUT2D eigenvalue weighted by Crippen LogP contribution is 2.39. The second kappa shape index (κ2) is 7.34. The number of alkyl halides is 6. The van der Waals surface area contributed by atoms with E-state index >= 15 is 0 Å². The lowest BCUT2D eigenvalue weighted by Gasteiger charge is -2.37. The Morgan fingerprint density at radius 3 is 0.571 bits per heavy atom. The Morgan fingerprint density at radius 2 is 0.500 bits per heavy atom. The van der Waals surface area contributed by atoms with Crippen LogP contribution in [0.5, 0.6) is 0 Å². The molecule has 1 aliphatic carbocycles. The Hall–Kier alpha value is 1.99. The minimum atomic E-state index is -0.437. The molecule has 0 aliphatic heterocycles. The predicted octanol–water partition coefficient (Wildman–Crippen LogP) is 3.24. The third-order valence-corrected chi connectivity index (χ3v) is 5.86. The van der Waals surface area contributed by atoms with Gasteiger partial charge in [-0.1, -0.05) is 0 Å². The molecule has 88 valence electrons. The number of hydrogen-bond acceptors (Lipinski definition) is 0. The van der Waals surface area contributed by atoms with Crippen molar-refractivity contribution in [2.75, 3.05) is 0 Å². The predicted molar refractivity (Wildman–Crippen MR) is 68.7 cm³/mol. The Balaban J connectivity index is 0. The largest absolute Gasteiger partial charge is 0.412 e. The molecule has 0 aromatic heterocycles. The highest BCUT2D eigenvalue weighted by molar-refractivity contribution is 6.45. The smallest absolute Gasteiger partial charge is 0.0693 e. The van der Waals surface area contributed by atoms with Crippen LogP contribution in [0.3, 0.4) is 0 Å². The van der Waals surface area contributed by atoms with E-state index in [0.717, 1.165) is 0 Å². The monoisotopic (exact) mass is 342 g/mol. The van der Waals surface area contributed by atoms with Gasteiger partial charge >= 0.3 is 0 Å². The molecular weight excluding hydrogens is 336 g/mol.